The van der Waals surface area contributed by atoms with Crippen LogP contribution in [0.2, 0.25) is 10.0 Å². The van der Waals surface area contributed by atoms with Crippen LogP contribution in [0.15, 0.2) is 94.5 Å². The van der Waals surface area contributed by atoms with Crippen LogP contribution in [0.1, 0.15) is 58.5 Å². The summed E-state index contributed by atoms with van der Waals surface area (Å²) in [7, 11) is 0. The maximum absolute atomic E-state index is 12.4. The molecule has 0 bridgehead atoms. The van der Waals surface area contributed by atoms with Gasteiger partial charge in [0.2, 0.25) is 0 Å². The Hall–Kier alpha value is -5.00. The predicted molar refractivity (Wildman–Crippen MR) is 244 cm³/mol. The van der Waals surface area contributed by atoms with E-state index in [1.165, 1.54) is 12.1 Å². The highest BCUT2D eigenvalue weighted by atomic mass is 35.5. The zero-order valence-electron chi connectivity index (χ0n) is 33.1. The van der Waals surface area contributed by atoms with Gasteiger partial charge in [-0.25, -0.2) is 9.59 Å². The van der Waals surface area contributed by atoms with Gasteiger partial charge >= 0.3 is 11.4 Å². The number of likely N-dealkylation sites (tertiary alicyclic amines) is 2. The number of halogens is 4. The van der Waals surface area contributed by atoms with Crippen molar-refractivity contribution in [2.75, 3.05) is 52.4 Å². The first-order valence-electron chi connectivity index (χ1n) is 19.4. The smallest absolute Gasteiger partial charge is 0.326 e. The van der Waals surface area contributed by atoms with E-state index in [-0.39, 0.29) is 88.2 Å². The summed E-state index contributed by atoms with van der Waals surface area (Å²) in [5.41, 5.74) is 3.65. The van der Waals surface area contributed by atoms with Crippen molar-refractivity contribution in [1.82, 2.24) is 39.5 Å². The first-order chi connectivity index (χ1) is 28.0. The number of aromatic nitrogens is 4. The predicted octanol–water partition coefficient (Wildman–Crippen LogP) is 5.53. The number of para-hydroxylation sites is 2. The van der Waals surface area contributed by atoms with Gasteiger partial charge in [0.1, 0.15) is 11.5 Å². The van der Waals surface area contributed by atoms with Crippen LogP contribution in [0, 0.1) is 0 Å². The van der Waals surface area contributed by atoms with Crippen LogP contribution in [0.5, 0.6) is 11.5 Å². The van der Waals surface area contributed by atoms with Crippen LogP contribution in [0.4, 0.5) is 0 Å². The Morgan fingerprint density at radius 2 is 0.967 bits per heavy atom. The molecule has 6 aromatic rings. The molecule has 8 N–H and O–H groups in total. The number of aromatic amines is 2. The summed E-state index contributed by atoms with van der Waals surface area (Å²) >= 11 is 12.0. The molecular weight excluding hydrogens is 870 g/mol. The number of carbonyl (C=O) groups is 2. The third-order valence-electron chi connectivity index (χ3n) is 10.9. The second-order valence-electron chi connectivity index (χ2n) is 14.6. The summed E-state index contributed by atoms with van der Waals surface area (Å²) in [4.78, 5) is 59.5. The number of nitrogens with one attached hydrogen (secondary N) is 4. The lowest BCUT2D eigenvalue weighted by atomic mass is 10.0. The number of aromatic hydroxyl groups is 2. The van der Waals surface area contributed by atoms with E-state index in [9.17, 15) is 29.4 Å². The van der Waals surface area contributed by atoms with Crippen molar-refractivity contribution in [3.8, 4) is 11.5 Å². The van der Waals surface area contributed by atoms with Crippen LogP contribution in [-0.4, -0.2) is 109 Å². The molecule has 0 aliphatic carbocycles. The average Bonchev–Trinajstić information content (AvgIpc) is 3.72. The topological polar surface area (TPSA) is 212 Å². The summed E-state index contributed by atoms with van der Waals surface area (Å²) in [6, 6.07) is 24.2. The maximum atomic E-state index is 12.4. The second kappa shape index (κ2) is 22.2. The molecule has 328 valence electrons. The van der Waals surface area contributed by atoms with Crippen molar-refractivity contribution in [2.45, 2.75) is 37.8 Å². The molecule has 0 radical (unpaired) electrons. The normalized spacial score (nSPS) is 14.9. The Kier molecular flexibility index (Phi) is 17.7. The number of piperidine rings is 2. The lowest BCUT2D eigenvalue weighted by Crippen LogP contribution is -2.41. The highest BCUT2D eigenvalue weighted by Gasteiger charge is 2.25. The molecule has 15 nitrogen and oxygen atoms in total. The van der Waals surface area contributed by atoms with E-state index in [1.807, 2.05) is 21.3 Å². The summed E-state index contributed by atoms with van der Waals surface area (Å²) in [6.45, 7) is 5.86. The van der Waals surface area contributed by atoms with Crippen LogP contribution in [-0.2, 0) is 0 Å². The molecule has 4 heterocycles. The molecule has 19 heteroatoms. The molecule has 61 heavy (non-hydrogen) atoms. The molecule has 4 aromatic carbocycles. The molecule has 0 unspecified atom stereocenters. The minimum absolute atomic E-state index is 0. The lowest BCUT2D eigenvalue weighted by Gasteiger charge is -2.32. The number of rotatable bonds is 10. The van der Waals surface area contributed by atoms with E-state index in [4.69, 9.17) is 23.2 Å². The number of H-pyrrole nitrogens is 2. The number of nitrogens with zero attached hydrogens (tertiary/aromatic N) is 4. The van der Waals surface area contributed by atoms with E-state index < -0.39 is 0 Å². The number of phenolic OH excluding ortho intramolecular Hbond substituents is 2. The Morgan fingerprint density at radius 3 is 1.33 bits per heavy atom. The van der Waals surface area contributed by atoms with E-state index >= 15 is 0 Å². The SMILES string of the molecule is Cl.Cl.O.O=C(NCCN1CCC(n2c(=O)[nH]c3cc(Cl)ccc32)CC1)c1ccccc1O.O=C(NCCN1CCC(n2c(=O)[nH]c3cc(Cl)ccc32)CC1)c1ccccc1O. The summed E-state index contributed by atoms with van der Waals surface area (Å²) in [6.07, 6.45) is 3.46. The van der Waals surface area contributed by atoms with Crippen molar-refractivity contribution in [2.24, 2.45) is 0 Å². The van der Waals surface area contributed by atoms with Gasteiger partial charge in [0.25, 0.3) is 11.8 Å². The summed E-state index contributed by atoms with van der Waals surface area (Å²) in [5, 5.41) is 26.4. The number of hydrogen-bond acceptors (Lipinski definition) is 8. The van der Waals surface area contributed by atoms with Gasteiger partial charge in [-0.05, 0) is 86.3 Å². The largest absolute Gasteiger partial charge is 0.507 e. The van der Waals surface area contributed by atoms with Gasteiger partial charge in [-0.2, -0.15) is 0 Å². The standard InChI is InChI=1S/2C21H23ClN4O3.2ClH.H2O/c2*22-14-5-6-18-17(13-14)24-21(29)26(18)15-7-10-25(11-8-15)12-9-23-20(28)16-3-1-2-4-19(16)27;;;/h2*1-6,13,15,27H,7-12H2,(H,23,28)(H,24,29);2*1H;1H2. The second-order valence-corrected chi connectivity index (χ2v) is 15.5. The molecule has 0 atom stereocenters. The first kappa shape index (κ1) is 48.7. The number of amides is 2. The van der Waals surface area contributed by atoms with Crippen molar-refractivity contribution < 1.29 is 25.3 Å². The van der Waals surface area contributed by atoms with E-state index in [1.54, 1.807) is 60.7 Å². The first-order valence-corrected chi connectivity index (χ1v) is 20.2. The fourth-order valence-corrected chi connectivity index (χ4v) is 8.25. The van der Waals surface area contributed by atoms with E-state index in [0.717, 1.165) is 87.0 Å². The van der Waals surface area contributed by atoms with Crippen molar-refractivity contribution >= 4 is 81.9 Å². The Balaban J connectivity index is 0.000000256. The third-order valence-corrected chi connectivity index (χ3v) is 11.4. The van der Waals surface area contributed by atoms with Gasteiger partial charge in [0, 0.05) is 74.5 Å². The van der Waals surface area contributed by atoms with Crippen molar-refractivity contribution in [1.29, 1.82) is 0 Å². The highest BCUT2D eigenvalue weighted by molar-refractivity contribution is 6.31. The molecular formula is C42H50Cl4N8O7. The van der Waals surface area contributed by atoms with Crippen LogP contribution in [0.3, 0.4) is 0 Å². The fourth-order valence-electron chi connectivity index (χ4n) is 7.91. The van der Waals surface area contributed by atoms with Crippen molar-refractivity contribution in [3.63, 3.8) is 0 Å². The van der Waals surface area contributed by atoms with E-state index in [0.29, 0.717) is 23.1 Å². The number of carbonyl (C=O) groups excluding carboxylic acids is 2. The number of phenols is 2. The highest BCUT2D eigenvalue weighted by Crippen LogP contribution is 2.28. The summed E-state index contributed by atoms with van der Waals surface area (Å²) in [5.74, 6) is -0.587. The molecule has 2 amide bonds. The lowest BCUT2D eigenvalue weighted by molar-refractivity contribution is 0.0933. The Bertz CT molecular complexity index is 2350. The monoisotopic (exact) mass is 918 g/mol. The number of benzene rings is 4. The zero-order valence-corrected chi connectivity index (χ0v) is 36.3. The van der Waals surface area contributed by atoms with Crippen LogP contribution >= 0.6 is 48.0 Å². The van der Waals surface area contributed by atoms with Crippen molar-refractivity contribution in [3.05, 3.63) is 127 Å². The molecule has 2 aliphatic heterocycles. The summed E-state index contributed by atoms with van der Waals surface area (Å²) < 4.78 is 3.67. The number of imidazole rings is 2. The average molecular weight is 921 g/mol. The van der Waals surface area contributed by atoms with Gasteiger partial charge < -0.3 is 46.1 Å². The molecule has 0 spiro atoms. The number of fused-ring (bicyclic) bond motifs is 2. The molecule has 2 saturated heterocycles. The molecule has 0 saturated carbocycles. The quantitative estimate of drug-likeness (QED) is 0.103. The Labute approximate surface area is 373 Å². The molecule has 8 rings (SSSR count). The molecule has 2 fully saturated rings. The minimum atomic E-state index is -0.276. The van der Waals surface area contributed by atoms with Gasteiger partial charge in [-0.15, -0.1) is 24.8 Å². The van der Waals surface area contributed by atoms with Gasteiger partial charge in [0.15, 0.2) is 0 Å². The van der Waals surface area contributed by atoms with E-state index in [2.05, 4.69) is 30.4 Å². The van der Waals surface area contributed by atoms with Crippen LogP contribution in [0.25, 0.3) is 22.1 Å². The van der Waals surface area contributed by atoms with Gasteiger partial charge in [0.05, 0.1) is 33.2 Å². The molecule has 2 aliphatic rings. The van der Waals surface area contributed by atoms with Gasteiger partial charge in [-0.3, -0.25) is 18.7 Å². The third kappa shape index (κ3) is 11.7. The Morgan fingerprint density at radius 1 is 0.607 bits per heavy atom. The van der Waals surface area contributed by atoms with Crippen LogP contribution < -0.4 is 22.0 Å². The fraction of sp³-hybridized carbons (Fsp3) is 0.333. The minimum Gasteiger partial charge on any atom is -0.507 e. The zero-order chi connectivity index (χ0) is 40.8. The molecule has 2 aromatic heterocycles. The maximum Gasteiger partial charge on any atom is 0.326 e. The number of hydrogen-bond donors (Lipinski definition) is 6. The van der Waals surface area contributed by atoms with Gasteiger partial charge in [-0.1, -0.05) is 47.5 Å².